The number of carbonyl (C=O) groups excluding carboxylic acids is 1. The Morgan fingerprint density at radius 2 is 2.33 bits per heavy atom. The minimum Gasteiger partial charge on any atom is -0.315 e. The second kappa shape index (κ2) is 5.14. The van der Waals surface area contributed by atoms with Crippen molar-refractivity contribution < 1.29 is 9.18 Å². The van der Waals surface area contributed by atoms with Gasteiger partial charge < -0.3 is 5.32 Å². The third kappa shape index (κ3) is 2.48. The second-order valence-electron chi connectivity index (χ2n) is 3.51. The number of anilines is 1. The molecule has 1 aromatic heterocycles. The van der Waals surface area contributed by atoms with Gasteiger partial charge in [0.2, 0.25) is 5.82 Å². The van der Waals surface area contributed by atoms with E-state index in [9.17, 15) is 9.18 Å². The third-order valence-electron chi connectivity index (χ3n) is 2.27. The molecule has 7 heteroatoms. The first-order valence-corrected chi connectivity index (χ1v) is 5.66. The molecule has 0 aliphatic rings. The topological polar surface area (TPSA) is 70.7 Å². The molecule has 18 heavy (non-hydrogen) atoms. The van der Waals surface area contributed by atoms with Crippen LogP contribution < -0.4 is 5.32 Å². The van der Waals surface area contributed by atoms with E-state index in [1.54, 1.807) is 0 Å². The minimum absolute atomic E-state index is 0.0498. The molecule has 0 bridgehead atoms. The highest BCUT2D eigenvalue weighted by atomic mass is 35.5. The summed E-state index contributed by atoms with van der Waals surface area (Å²) < 4.78 is 13.5. The summed E-state index contributed by atoms with van der Waals surface area (Å²) in [5, 5.41) is 8.79. The van der Waals surface area contributed by atoms with Crippen LogP contribution in [-0.2, 0) is 6.42 Å². The van der Waals surface area contributed by atoms with Crippen LogP contribution in [0, 0.1) is 5.82 Å². The maximum absolute atomic E-state index is 13.5. The summed E-state index contributed by atoms with van der Waals surface area (Å²) in [6, 6.07) is 4.14. The molecule has 2 rings (SSSR count). The molecule has 0 aliphatic heterocycles. The van der Waals surface area contributed by atoms with Gasteiger partial charge in [-0.3, -0.25) is 9.89 Å². The van der Waals surface area contributed by atoms with Crippen LogP contribution in [0.1, 0.15) is 23.4 Å². The van der Waals surface area contributed by atoms with Gasteiger partial charge in [-0.05, 0) is 12.1 Å². The first kappa shape index (κ1) is 12.5. The number of amides is 1. The van der Waals surface area contributed by atoms with E-state index in [1.807, 2.05) is 6.92 Å². The Morgan fingerprint density at radius 3 is 2.94 bits per heavy atom. The lowest BCUT2D eigenvalue weighted by Gasteiger charge is -2.05. The van der Waals surface area contributed by atoms with Crippen molar-refractivity contribution in [3.8, 4) is 0 Å². The molecular formula is C11H10ClFN4O. The maximum atomic E-state index is 13.5. The molecule has 1 aromatic carbocycles. The molecule has 0 atom stereocenters. The highest BCUT2D eigenvalue weighted by Gasteiger charge is 2.15. The number of benzene rings is 1. The first-order chi connectivity index (χ1) is 8.61. The Bertz CT molecular complexity index is 564. The monoisotopic (exact) mass is 268 g/mol. The van der Waals surface area contributed by atoms with E-state index in [0.29, 0.717) is 12.2 Å². The average Bonchev–Trinajstić information content (AvgIpc) is 2.82. The van der Waals surface area contributed by atoms with Gasteiger partial charge in [0.15, 0.2) is 0 Å². The summed E-state index contributed by atoms with van der Waals surface area (Å²) in [6.45, 7) is 1.87. The molecule has 1 heterocycles. The van der Waals surface area contributed by atoms with Gasteiger partial charge in [0.1, 0.15) is 11.6 Å². The molecule has 1 amide bonds. The standard InChI is InChI=1S/C11H10ClFN4O/c1-2-8-14-10(17-16-8)11(18)15-9-6(12)4-3-5-7(9)13/h3-5H,2H2,1H3,(H,15,18)(H,14,16,17). The van der Waals surface area contributed by atoms with Crippen LogP contribution in [0.5, 0.6) is 0 Å². The number of halogens is 2. The summed E-state index contributed by atoms with van der Waals surface area (Å²) in [4.78, 5) is 15.7. The van der Waals surface area contributed by atoms with Crippen molar-refractivity contribution in [1.29, 1.82) is 0 Å². The zero-order valence-corrected chi connectivity index (χ0v) is 10.3. The van der Waals surface area contributed by atoms with Crippen LogP contribution in [0.25, 0.3) is 0 Å². The van der Waals surface area contributed by atoms with Crippen molar-refractivity contribution in [2.75, 3.05) is 5.32 Å². The molecule has 5 nitrogen and oxygen atoms in total. The van der Waals surface area contributed by atoms with Crippen LogP contribution >= 0.6 is 11.6 Å². The van der Waals surface area contributed by atoms with Gasteiger partial charge in [-0.25, -0.2) is 9.37 Å². The molecule has 0 saturated heterocycles. The normalized spacial score (nSPS) is 10.4. The smallest absolute Gasteiger partial charge is 0.295 e. The quantitative estimate of drug-likeness (QED) is 0.898. The number of hydrogen-bond donors (Lipinski definition) is 2. The van der Waals surface area contributed by atoms with Crippen molar-refractivity contribution >= 4 is 23.2 Å². The number of aryl methyl sites for hydroxylation is 1. The van der Waals surface area contributed by atoms with Gasteiger partial charge in [-0.15, -0.1) is 5.10 Å². The molecule has 94 valence electrons. The SMILES string of the molecule is CCc1nc(C(=O)Nc2c(F)cccc2Cl)n[nH]1. The van der Waals surface area contributed by atoms with Gasteiger partial charge in [0, 0.05) is 6.42 Å². The largest absolute Gasteiger partial charge is 0.315 e. The number of carbonyl (C=O) groups is 1. The number of H-pyrrole nitrogens is 1. The fourth-order valence-electron chi connectivity index (χ4n) is 1.34. The van der Waals surface area contributed by atoms with Gasteiger partial charge >= 0.3 is 0 Å². The van der Waals surface area contributed by atoms with E-state index in [0.717, 1.165) is 0 Å². The van der Waals surface area contributed by atoms with Crippen molar-refractivity contribution in [3.63, 3.8) is 0 Å². The molecule has 2 aromatic rings. The third-order valence-corrected chi connectivity index (χ3v) is 2.59. The molecule has 0 spiro atoms. The number of aromatic nitrogens is 3. The number of para-hydroxylation sites is 1. The fraction of sp³-hybridized carbons (Fsp3) is 0.182. The van der Waals surface area contributed by atoms with Crippen LogP contribution in [0.15, 0.2) is 18.2 Å². The van der Waals surface area contributed by atoms with Gasteiger partial charge in [-0.1, -0.05) is 24.6 Å². The number of nitrogens with one attached hydrogen (secondary N) is 2. The van der Waals surface area contributed by atoms with E-state index in [-0.39, 0.29) is 16.5 Å². The number of rotatable bonds is 3. The van der Waals surface area contributed by atoms with Crippen molar-refractivity contribution in [1.82, 2.24) is 15.2 Å². The van der Waals surface area contributed by atoms with E-state index in [1.165, 1.54) is 18.2 Å². The van der Waals surface area contributed by atoms with Gasteiger partial charge in [0.05, 0.1) is 10.7 Å². The van der Waals surface area contributed by atoms with Crippen LogP contribution in [0.3, 0.4) is 0 Å². The van der Waals surface area contributed by atoms with Crippen molar-refractivity contribution in [3.05, 3.63) is 40.7 Å². The summed E-state index contributed by atoms with van der Waals surface area (Å²) >= 11 is 5.79. The number of hydrogen-bond acceptors (Lipinski definition) is 3. The zero-order valence-electron chi connectivity index (χ0n) is 9.50. The maximum Gasteiger partial charge on any atom is 0.295 e. The highest BCUT2D eigenvalue weighted by Crippen LogP contribution is 2.24. The average molecular weight is 269 g/mol. The second-order valence-corrected chi connectivity index (χ2v) is 3.92. The molecule has 0 unspecified atom stereocenters. The number of nitrogens with zero attached hydrogens (tertiary/aromatic N) is 2. The summed E-state index contributed by atoms with van der Waals surface area (Å²) in [7, 11) is 0. The van der Waals surface area contributed by atoms with Gasteiger partial charge in [0.25, 0.3) is 5.91 Å². The number of aromatic amines is 1. The summed E-state index contributed by atoms with van der Waals surface area (Å²) in [5.41, 5.74) is -0.0768. The Labute approximate surface area is 107 Å². The van der Waals surface area contributed by atoms with Gasteiger partial charge in [-0.2, -0.15) is 0 Å². The molecule has 0 fully saturated rings. The van der Waals surface area contributed by atoms with Crippen LogP contribution in [0.4, 0.5) is 10.1 Å². The minimum atomic E-state index is -0.613. The lowest BCUT2D eigenvalue weighted by atomic mass is 10.3. The Morgan fingerprint density at radius 1 is 1.56 bits per heavy atom. The summed E-state index contributed by atoms with van der Waals surface area (Å²) in [5.74, 6) is -0.689. The Hall–Kier alpha value is -1.95. The molecule has 0 saturated carbocycles. The molecular weight excluding hydrogens is 259 g/mol. The van der Waals surface area contributed by atoms with E-state index in [4.69, 9.17) is 11.6 Å². The first-order valence-electron chi connectivity index (χ1n) is 5.28. The van der Waals surface area contributed by atoms with Crippen molar-refractivity contribution in [2.24, 2.45) is 0 Å². The zero-order chi connectivity index (χ0) is 13.1. The summed E-state index contributed by atoms with van der Waals surface area (Å²) in [6.07, 6.45) is 0.626. The fourth-order valence-corrected chi connectivity index (χ4v) is 1.55. The Kier molecular flexibility index (Phi) is 3.57. The van der Waals surface area contributed by atoms with E-state index in [2.05, 4.69) is 20.5 Å². The molecule has 0 radical (unpaired) electrons. The highest BCUT2D eigenvalue weighted by molar-refractivity contribution is 6.33. The van der Waals surface area contributed by atoms with Crippen LogP contribution in [-0.4, -0.2) is 21.1 Å². The predicted molar refractivity (Wildman–Crippen MR) is 65.1 cm³/mol. The van der Waals surface area contributed by atoms with Crippen LogP contribution in [0.2, 0.25) is 5.02 Å². The lowest BCUT2D eigenvalue weighted by Crippen LogP contribution is -2.15. The lowest BCUT2D eigenvalue weighted by molar-refractivity contribution is 0.101. The van der Waals surface area contributed by atoms with Crippen molar-refractivity contribution in [2.45, 2.75) is 13.3 Å². The molecule has 0 aliphatic carbocycles. The Balaban J connectivity index is 2.21. The van der Waals surface area contributed by atoms with E-state index >= 15 is 0 Å². The molecule has 2 N–H and O–H groups in total. The predicted octanol–water partition coefficient (Wildman–Crippen LogP) is 2.41. The van der Waals surface area contributed by atoms with E-state index < -0.39 is 11.7 Å².